The normalized spacial score (nSPS) is 10.1. The number of rotatable bonds is 4. The van der Waals surface area contributed by atoms with E-state index in [0.717, 1.165) is 0 Å². The Morgan fingerprint density at radius 3 is 2.74 bits per heavy atom. The molecule has 0 fully saturated rings. The number of aromatic nitrogens is 1. The molecule has 1 aromatic rings. The van der Waals surface area contributed by atoms with Gasteiger partial charge in [0.1, 0.15) is 6.07 Å². The maximum absolute atomic E-state index is 12.8. The third kappa shape index (κ3) is 2.98. The molecule has 19 heavy (non-hydrogen) atoms. The summed E-state index contributed by atoms with van der Waals surface area (Å²) in [5.74, 6) is -2.11. The van der Waals surface area contributed by atoms with Gasteiger partial charge in [-0.3, -0.25) is 0 Å². The largest absolute Gasteiger partial charge is 0.460 e. The van der Waals surface area contributed by atoms with E-state index in [1.54, 1.807) is 0 Å². The Kier molecular flexibility index (Phi) is 4.41. The Labute approximate surface area is 105 Å². The Balaban J connectivity index is 3.55. The van der Waals surface area contributed by atoms with Crippen molar-refractivity contribution in [3.05, 3.63) is 33.0 Å². The van der Waals surface area contributed by atoms with E-state index in [4.69, 9.17) is 5.26 Å². The van der Waals surface area contributed by atoms with E-state index in [0.29, 0.717) is 6.07 Å². The van der Waals surface area contributed by atoms with E-state index in [9.17, 15) is 23.7 Å². The van der Waals surface area contributed by atoms with E-state index in [1.165, 1.54) is 13.0 Å². The summed E-state index contributed by atoms with van der Waals surface area (Å²) in [6, 6.07) is 1.96. The number of alkyl halides is 2. The molecule has 0 radical (unpaired) electrons. The van der Waals surface area contributed by atoms with Gasteiger partial charge in [-0.2, -0.15) is 5.26 Å². The summed E-state index contributed by atoms with van der Waals surface area (Å²) < 4.78 is 30.2. The highest BCUT2D eigenvalue weighted by atomic mass is 19.3. The molecule has 0 aliphatic heterocycles. The second kappa shape index (κ2) is 5.81. The smallest absolute Gasteiger partial charge is 0.383 e. The van der Waals surface area contributed by atoms with Gasteiger partial charge in [-0.25, -0.2) is 13.6 Å². The fourth-order valence-corrected chi connectivity index (χ4v) is 1.30. The molecular weight excluding hydrogens is 264 g/mol. The quantitative estimate of drug-likeness (QED) is 0.470. The standard InChI is InChI=1S/C10H7F2N3O4/c1-2-19-10(16)8-7(9(11)12)5(4-13)3-6(14-8)15(17)18/h3,9H,2H2,1H3. The number of esters is 1. The summed E-state index contributed by atoms with van der Waals surface area (Å²) in [6.07, 6.45) is -3.18. The van der Waals surface area contributed by atoms with Crippen molar-refractivity contribution in [3.8, 4) is 6.07 Å². The molecule has 0 N–H and O–H groups in total. The molecule has 0 bridgehead atoms. The monoisotopic (exact) mass is 271 g/mol. The zero-order chi connectivity index (χ0) is 14.6. The Bertz CT molecular complexity index is 569. The highest BCUT2D eigenvalue weighted by Crippen LogP contribution is 2.28. The summed E-state index contributed by atoms with van der Waals surface area (Å²) in [7, 11) is 0. The van der Waals surface area contributed by atoms with Crippen molar-refractivity contribution < 1.29 is 23.2 Å². The van der Waals surface area contributed by atoms with E-state index >= 15 is 0 Å². The number of hydrogen-bond acceptors (Lipinski definition) is 6. The number of nitrogens with zero attached hydrogens (tertiary/aromatic N) is 3. The summed E-state index contributed by atoms with van der Waals surface area (Å²) in [4.78, 5) is 24.3. The van der Waals surface area contributed by atoms with Gasteiger partial charge in [0.15, 0.2) is 0 Å². The first-order valence-electron chi connectivity index (χ1n) is 4.97. The molecule has 0 atom stereocenters. The van der Waals surface area contributed by atoms with Gasteiger partial charge in [0, 0.05) is 0 Å². The topological polar surface area (TPSA) is 106 Å². The van der Waals surface area contributed by atoms with Crippen LogP contribution in [0.1, 0.15) is 35.0 Å². The number of nitriles is 1. The van der Waals surface area contributed by atoms with Gasteiger partial charge in [-0.15, -0.1) is 0 Å². The lowest BCUT2D eigenvalue weighted by molar-refractivity contribution is -0.389. The van der Waals surface area contributed by atoms with Gasteiger partial charge in [0.25, 0.3) is 12.1 Å². The maximum Gasteiger partial charge on any atom is 0.383 e. The van der Waals surface area contributed by atoms with Crippen LogP contribution in [0.2, 0.25) is 0 Å². The summed E-state index contributed by atoms with van der Waals surface area (Å²) >= 11 is 0. The molecule has 0 aliphatic rings. The predicted molar refractivity (Wildman–Crippen MR) is 56.5 cm³/mol. The molecule has 0 amide bonds. The average molecular weight is 271 g/mol. The molecule has 0 aliphatic carbocycles. The minimum absolute atomic E-state index is 0.117. The maximum atomic E-state index is 12.8. The van der Waals surface area contributed by atoms with E-state index in [2.05, 4.69) is 9.72 Å². The first-order chi connectivity index (χ1) is 8.92. The molecule has 0 aromatic carbocycles. The molecular formula is C10H7F2N3O4. The van der Waals surface area contributed by atoms with Crippen LogP contribution >= 0.6 is 0 Å². The van der Waals surface area contributed by atoms with Gasteiger partial charge >= 0.3 is 11.8 Å². The van der Waals surface area contributed by atoms with Gasteiger partial charge < -0.3 is 14.9 Å². The van der Waals surface area contributed by atoms with Crippen LogP contribution in [-0.4, -0.2) is 22.5 Å². The molecule has 100 valence electrons. The minimum atomic E-state index is -3.18. The van der Waals surface area contributed by atoms with E-state index in [1.807, 2.05) is 0 Å². The predicted octanol–water partition coefficient (Wildman–Crippen LogP) is 1.98. The van der Waals surface area contributed by atoms with Crippen molar-refractivity contribution in [1.29, 1.82) is 5.26 Å². The van der Waals surface area contributed by atoms with Crippen molar-refractivity contribution in [2.45, 2.75) is 13.3 Å². The lowest BCUT2D eigenvalue weighted by Gasteiger charge is -2.06. The molecule has 1 rings (SSSR count). The number of pyridine rings is 1. The third-order valence-electron chi connectivity index (χ3n) is 2.04. The van der Waals surface area contributed by atoms with Crippen LogP contribution in [0.4, 0.5) is 14.6 Å². The molecule has 7 nitrogen and oxygen atoms in total. The lowest BCUT2D eigenvalue weighted by Crippen LogP contribution is -2.14. The third-order valence-corrected chi connectivity index (χ3v) is 2.04. The Morgan fingerprint density at radius 2 is 2.32 bits per heavy atom. The molecule has 0 saturated carbocycles. The summed E-state index contributed by atoms with van der Waals surface area (Å²) in [5.41, 5.74) is -2.56. The summed E-state index contributed by atoms with van der Waals surface area (Å²) in [6.45, 7) is 1.32. The first-order valence-corrected chi connectivity index (χ1v) is 4.97. The zero-order valence-corrected chi connectivity index (χ0v) is 9.59. The van der Waals surface area contributed by atoms with Crippen molar-refractivity contribution in [2.75, 3.05) is 6.61 Å². The fraction of sp³-hybridized carbons (Fsp3) is 0.300. The molecule has 9 heteroatoms. The van der Waals surface area contributed by atoms with Gasteiger partial charge in [-0.1, -0.05) is 0 Å². The number of carbonyl (C=O) groups is 1. The molecule has 0 spiro atoms. The van der Waals surface area contributed by atoms with Crippen LogP contribution in [0.5, 0.6) is 0 Å². The van der Waals surface area contributed by atoms with Gasteiger partial charge in [0.2, 0.25) is 0 Å². The van der Waals surface area contributed by atoms with E-state index < -0.39 is 40.0 Å². The van der Waals surface area contributed by atoms with Crippen LogP contribution in [-0.2, 0) is 4.74 Å². The van der Waals surface area contributed by atoms with Crippen LogP contribution < -0.4 is 0 Å². The molecule has 0 unspecified atom stereocenters. The first kappa shape index (κ1) is 14.4. The second-order valence-corrected chi connectivity index (χ2v) is 3.18. The number of ether oxygens (including phenoxy) is 1. The van der Waals surface area contributed by atoms with Crippen LogP contribution in [0.3, 0.4) is 0 Å². The van der Waals surface area contributed by atoms with Gasteiger partial charge in [-0.05, 0) is 16.8 Å². The molecule has 0 saturated heterocycles. The highest BCUT2D eigenvalue weighted by molar-refractivity contribution is 5.90. The van der Waals surface area contributed by atoms with Crippen molar-refractivity contribution in [1.82, 2.24) is 4.98 Å². The van der Waals surface area contributed by atoms with Crippen molar-refractivity contribution in [3.63, 3.8) is 0 Å². The number of nitro groups is 1. The fourth-order valence-electron chi connectivity index (χ4n) is 1.30. The SMILES string of the molecule is CCOC(=O)c1nc([N+](=O)[O-])cc(C#N)c1C(F)F. The molecule has 1 heterocycles. The van der Waals surface area contributed by atoms with Crippen molar-refractivity contribution >= 4 is 11.8 Å². The van der Waals surface area contributed by atoms with E-state index in [-0.39, 0.29) is 6.61 Å². The second-order valence-electron chi connectivity index (χ2n) is 3.18. The molecule has 1 aromatic heterocycles. The van der Waals surface area contributed by atoms with Gasteiger partial charge in [0.05, 0.1) is 23.8 Å². The Morgan fingerprint density at radius 1 is 1.68 bits per heavy atom. The average Bonchev–Trinajstić information content (AvgIpc) is 2.36. The minimum Gasteiger partial charge on any atom is -0.460 e. The number of hydrogen-bond donors (Lipinski definition) is 0. The Hall–Kier alpha value is -2.63. The highest BCUT2D eigenvalue weighted by Gasteiger charge is 2.32. The number of carbonyl (C=O) groups excluding carboxylic acids is 1. The van der Waals surface area contributed by atoms with Crippen LogP contribution in [0.25, 0.3) is 0 Å². The zero-order valence-electron chi connectivity index (χ0n) is 9.59. The lowest BCUT2D eigenvalue weighted by atomic mass is 10.1. The van der Waals surface area contributed by atoms with Crippen LogP contribution in [0.15, 0.2) is 6.07 Å². The summed E-state index contributed by atoms with van der Waals surface area (Å²) in [5, 5.41) is 19.3. The van der Waals surface area contributed by atoms with Crippen LogP contribution in [0, 0.1) is 21.4 Å². The number of halogens is 2. The van der Waals surface area contributed by atoms with Crippen molar-refractivity contribution in [2.24, 2.45) is 0 Å².